The molecule has 0 saturated carbocycles. The van der Waals surface area contributed by atoms with Crippen LogP contribution in [0.3, 0.4) is 0 Å². The third kappa shape index (κ3) is 3.87. The summed E-state index contributed by atoms with van der Waals surface area (Å²) < 4.78 is 0. The molecule has 0 unspecified atom stereocenters. The fourth-order valence-corrected chi connectivity index (χ4v) is 3.82. The van der Waals surface area contributed by atoms with Crippen LogP contribution in [0.15, 0.2) is 79.0 Å². The highest BCUT2D eigenvalue weighted by atomic mass is 35.5. The van der Waals surface area contributed by atoms with Crippen LogP contribution in [0.25, 0.3) is 10.9 Å². The van der Waals surface area contributed by atoms with E-state index in [1.165, 1.54) is 0 Å². The quantitative estimate of drug-likeness (QED) is 0.481. The Kier molecular flexibility index (Phi) is 5.33. The monoisotopic (exact) mass is 399 g/mol. The van der Waals surface area contributed by atoms with Crippen molar-refractivity contribution in [2.75, 3.05) is 6.54 Å². The lowest BCUT2D eigenvalue weighted by Gasteiger charge is -2.19. The number of carbonyl (C=O) groups is 1. The number of aromatic amines is 1. The molecule has 0 aliphatic rings. The van der Waals surface area contributed by atoms with Crippen LogP contribution in [0.2, 0.25) is 5.02 Å². The maximum absolute atomic E-state index is 12.7. The number of para-hydroxylation sites is 1. The summed E-state index contributed by atoms with van der Waals surface area (Å²) in [5, 5.41) is 13.8. The van der Waals surface area contributed by atoms with Gasteiger partial charge in [-0.3, -0.25) is 4.79 Å². The minimum absolute atomic E-state index is 0.122. The Morgan fingerprint density at radius 1 is 1.03 bits per heavy atom. The number of nitrogens with zero attached hydrogens (tertiary/aromatic N) is 1. The van der Waals surface area contributed by atoms with Crippen LogP contribution in [0.4, 0.5) is 0 Å². The van der Waals surface area contributed by atoms with Gasteiger partial charge in [0.25, 0.3) is 5.91 Å². The Bertz CT molecular complexity index is 1220. The van der Waals surface area contributed by atoms with Crippen molar-refractivity contribution in [1.29, 1.82) is 5.26 Å². The molecule has 4 rings (SSSR count). The molecule has 1 amide bonds. The maximum Gasteiger partial charge on any atom is 0.251 e. The van der Waals surface area contributed by atoms with E-state index < -0.39 is 0 Å². The van der Waals surface area contributed by atoms with E-state index in [0.29, 0.717) is 22.7 Å². The van der Waals surface area contributed by atoms with Crippen LogP contribution < -0.4 is 5.32 Å². The number of nitriles is 1. The minimum Gasteiger partial charge on any atom is -0.361 e. The summed E-state index contributed by atoms with van der Waals surface area (Å²) in [6.07, 6.45) is 1.97. The van der Waals surface area contributed by atoms with E-state index in [1.807, 2.05) is 48.7 Å². The molecule has 29 heavy (non-hydrogen) atoms. The molecule has 1 heterocycles. The summed E-state index contributed by atoms with van der Waals surface area (Å²) in [6, 6.07) is 24.5. The predicted molar refractivity (Wildman–Crippen MR) is 115 cm³/mol. The number of nitrogens with one attached hydrogen (secondary N) is 2. The van der Waals surface area contributed by atoms with Gasteiger partial charge in [0.2, 0.25) is 0 Å². The number of amides is 1. The van der Waals surface area contributed by atoms with Crippen molar-refractivity contribution in [3.05, 3.63) is 106 Å². The molecule has 4 aromatic rings. The summed E-state index contributed by atoms with van der Waals surface area (Å²) >= 11 is 6.50. The van der Waals surface area contributed by atoms with Crippen LogP contribution in [0, 0.1) is 11.3 Å². The van der Waals surface area contributed by atoms with Crippen LogP contribution in [0.1, 0.15) is 33.0 Å². The van der Waals surface area contributed by atoms with Crippen molar-refractivity contribution in [2.24, 2.45) is 0 Å². The molecule has 0 bridgehead atoms. The molecule has 0 fully saturated rings. The molecule has 1 atom stereocenters. The smallest absolute Gasteiger partial charge is 0.251 e. The van der Waals surface area contributed by atoms with E-state index in [2.05, 4.69) is 22.4 Å². The highest BCUT2D eigenvalue weighted by Gasteiger charge is 2.21. The summed E-state index contributed by atoms with van der Waals surface area (Å²) in [5.74, 6) is -0.345. The lowest BCUT2D eigenvalue weighted by atomic mass is 9.90. The van der Waals surface area contributed by atoms with Crippen molar-refractivity contribution in [2.45, 2.75) is 5.92 Å². The molecule has 0 saturated heterocycles. The second kappa shape index (κ2) is 8.22. The van der Waals surface area contributed by atoms with E-state index in [4.69, 9.17) is 16.9 Å². The molecule has 1 aromatic heterocycles. The molecular weight excluding hydrogens is 382 g/mol. The van der Waals surface area contributed by atoms with E-state index in [0.717, 1.165) is 22.0 Å². The van der Waals surface area contributed by atoms with E-state index in [-0.39, 0.29) is 11.8 Å². The van der Waals surface area contributed by atoms with Crippen molar-refractivity contribution in [3.8, 4) is 6.07 Å². The fourth-order valence-electron chi connectivity index (χ4n) is 3.55. The van der Waals surface area contributed by atoms with Crippen molar-refractivity contribution in [3.63, 3.8) is 0 Å². The Balaban J connectivity index is 1.67. The van der Waals surface area contributed by atoms with Gasteiger partial charge in [-0.25, -0.2) is 0 Å². The van der Waals surface area contributed by atoms with E-state index in [1.54, 1.807) is 24.3 Å². The molecule has 0 spiro atoms. The first-order valence-electron chi connectivity index (χ1n) is 9.26. The van der Waals surface area contributed by atoms with E-state index in [9.17, 15) is 4.79 Å². The Morgan fingerprint density at radius 2 is 1.83 bits per heavy atom. The van der Waals surface area contributed by atoms with Crippen molar-refractivity contribution in [1.82, 2.24) is 10.3 Å². The number of rotatable bonds is 5. The predicted octanol–water partition coefficient (Wildman–Crippen LogP) is 5.25. The molecule has 0 aliphatic heterocycles. The maximum atomic E-state index is 12.7. The highest BCUT2D eigenvalue weighted by molar-refractivity contribution is 6.31. The number of fused-ring (bicyclic) bond motifs is 1. The SMILES string of the molecule is N#Cc1cccc(C(=O)NC[C@H](c2ccccc2Cl)c2c[nH]c3ccccc23)c1. The zero-order valence-electron chi connectivity index (χ0n) is 15.5. The van der Waals surface area contributed by atoms with Crippen LogP contribution in [-0.2, 0) is 0 Å². The molecule has 5 heteroatoms. The van der Waals surface area contributed by atoms with Gasteiger partial charge in [-0.05, 0) is 41.5 Å². The third-order valence-corrected chi connectivity index (χ3v) is 5.34. The first-order valence-corrected chi connectivity index (χ1v) is 9.64. The fraction of sp³-hybridized carbons (Fsp3) is 0.0833. The molecule has 2 N–H and O–H groups in total. The van der Waals surface area contributed by atoms with Gasteiger partial charge in [0.1, 0.15) is 0 Å². The van der Waals surface area contributed by atoms with Crippen LogP contribution in [0.5, 0.6) is 0 Å². The number of carbonyl (C=O) groups excluding carboxylic acids is 1. The van der Waals surface area contributed by atoms with Gasteiger partial charge in [0, 0.05) is 40.1 Å². The molecule has 0 radical (unpaired) electrons. The van der Waals surface area contributed by atoms with Gasteiger partial charge < -0.3 is 10.3 Å². The molecule has 3 aromatic carbocycles. The lowest BCUT2D eigenvalue weighted by molar-refractivity contribution is 0.0952. The summed E-state index contributed by atoms with van der Waals surface area (Å²) in [4.78, 5) is 16.0. The third-order valence-electron chi connectivity index (χ3n) is 5.00. The van der Waals surface area contributed by atoms with Crippen LogP contribution in [-0.4, -0.2) is 17.4 Å². The second-order valence-corrected chi connectivity index (χ2v) is 7.17. The minimum atomic E-state index is -0.223. The lowest BCUT2D eigenvalue weighted by Crippen LogP contribution is -2.29. The summed E-state index contributed by atoms with van der Waals surface area (Å²) in [7, 11) is 0. The Hall–Kier alpha value is -3.55. The normalized spacial score (nSPS) is 11.7. The number of benzene rings is 3. The first kappa shape index (κ1) is 18.8. The number of aromatic nitrogens is 1. The standard InChI is InChI=1S/C24H18ClN3O/c25-22-10-3-1-8-18(22)20(21-14-27-23-11-4-2-9-19(21)23)15-28-24(29)17-7-5-6-16(12-17)13-26/h1-12,14,20,27H,15H2,(H,28,29)/t20-/m1/s1. The van der Waals surface area contributed by atoms with Gasteiger partial charge in [-0.15, -0.1) is 0 Å². The average molecular weight is 400 g/mol. The second-order valence-electron chi connectivity index (χ2n) is 6.77. The Morgan fingerprint density at radius 3 is 2.66 bits per heavy atom. The van der Waals surface area contributed by atoms with E-state index >= 15 is 0 Å². The van der Waals surface area contributed by atoms with Gasteiger partial charge in [0.05, 0.1) is 11.6 Å². The highest BCUT2D eigenvalue weighted by Crippen LogP contribution is 2.34. The first-order chi connectivity index (χ1) is 14.2. The Labute approximate surface area is 173 Å². The largest absolute Gasteiger partial charge is 0.361 e. The average Bonchev–Trinajstić information content (AvgIpc) is 3.19. The summed E-state index contributed by atoms with van der Waals surface area (Å²) in [5.41, 5.74) is 3.97. The molecule has 142 valence electrons. The molecular formula is C24H18ClN3O. The number of halogens is 1. The van der Waals surface area contributed by atoms with Gasteiger partial charge >= 0.3 is 0 Å². The van der Waals surface area contributed by atoms with Crippen molar-refractivity contribution < 1.29 is 4.79 Å². The molecule has 0 aliphatic carbocycles. The van der Waals surface area contributed by atoms with Crippen LogP contribution >= 0.6 is 11.6 Å². The topological polar surface area (TPSA) is 68.7 Å². The molecule has 4 nitrogen and oxygen atoms in total. The number of H-pyrrole nitrogens is 1. The van der Waals surface area contributed by atoms with Gasteiger partial charge in [-0.2, -0.15) is 5.26 Å². The number of hydrogen-bond acceptors (Lipinski definition) is 2. The van der Waals surface area contributed by atoms with Gasteiger partial charge in [-0.1, -0.05) is 54.1 Å². The zero-order chi connectivity index (χ0) is 20.2. The summed E-state index contributed by atoms with van der Waals surface area (Å²) in [6.45, 7) is 0.376. The van der Waals surface area contributed by atoms with Crippen molar-refractivity contribution >= 4 is 28.4 Å². The zero-order valence-corrected chi connectivity index (χ0v) is 16.3. The number of hydrogen-bond donors (Lipinski definition) is 2. The van der Waals surface area contributed by atoms with Gasteiger partial charge in [0.15, 0.2) is 0 Å².